The molecule has 0 aromatic heterocycles. The molecule has 0 saturated carbocycles. The van der Waals surface area contributed by atoms with Gasteiger partial charge in [-0.1, -0.05) is 41.0 Å². The van der Waals surface area contributed by atoms with Gasteiger partial charge in [0.05, 0.1) is 15.6 Å². The normalized spacial score (nSPS) is 11.2. The second-order valence-electron chi connectivity index (χ2n) is 7.97. The van der Waals surface area contributed by atoms with Crippen LogP contribution >= 0.6 is 35.0 Å². The Kier molecular flexibility index (Phi) is 8.87. The van der Waals surface area contributed by atoms with Crippen molar-refractivity contribution >= 4 is 52.6 Å². The smallest absolute Gasteiger partial charge is 0.416 e. The third-order valence-electron chi connectivity index (χ3n) is 5.15. The zero-order chi connectivity index (χ0) is 29.0. The van der Waals surface area contributed by atoms with Gasteiger partial charge in [0.2, 0.25) is 0 Å². The molecule has 0 saturated heterocycles. The lowest BCUT2D eigenvalue weighted by atomic mass is 10.2. The van der Waals surface area contributed by atoms with Gasteiger partial charge in [0.15, 0.2) is 0 Å². The second kappa shape index (κ2) is 12.2. The third-order valence-corrected chi connectivity index (χ3v) is 6.95. The van der Waals surface area contributed by atoms with Crippen molar-refractivity contribution in [1.82, 2.24) is 5.32 Å². The van der Waals surface area contributed by atoms with Crippen LogP contribution in [-0.2, 0) is 6.18 Å². The molecular formula is C27H15Cl2F5N2O3S. The van der Waals surface area contributed by atoms with Crippen molar-refractivity contribution in [2.24, 2.45) is 0 Å². The Morgan fingerprint density at radius 2 is 1.50 bits per heavy atom. The van der Waals surface area contributed by atoms with Crippen LogP contribution in [0.15, 0.2) is 88.7 Å². The van der Waals surface area contributed by atoms with Crippen molar-refractivity contribution in [1.29, 1.82) is 0 Å². The van der Waals surface area contributed by atoms with Gasteiger partial charge in [-0.05, 0) is 72.8 Å². The minimum atomic E-state index is -4.49. The van der Waals surface area contributed by atoms with Gasteiger partial charge in [-0.15, -0.1) is 0 Å². The molecule has 4 aromatic rings. The zero-order valence-electron chi connectivity index (χ0n) is 19.8. The van der Waals surface area contributed by atoms with Gasteiger partial charge < -0.3 is 10.1 Å². The van der Waals surface area contributed by atoms with E-state index in [-0.39, 0.29) is 21.5 Å². The van der Waals surface area contributed by atoms with Crippen molar-refractivity contribution in [3.05, 3.63) is 112 Å². The lowest BCUT2D eigenvalue weighted by Crippen LogP contribution is -2.35. The maximum atomic E-state index is 13.7. The molecule has 2 N–H and O–H groups in total. The van der Waals surface area contributed by atoms with E-state index in [1.165, 1.54) is 36.0 Å². The van der Waals surface area contributed by atoms with Crippen molar-refractivity contribution in [2.75, 3.05) is 5.32 Å². The molecule has 13 heteroatoms. The van der Waals surface area contributed by atoms with Crippen LogP contribution in [0.2, 0.25) is 10.0 Å². The number of imide groups is 1. The fraction of sp³-hybridized carbons (Fsp3) is 0.0370. The van der Waals surface area contributed by atoms with Gasteiger partial charge in [0, 0.05) is 15.5 Å². The van der Waals surface area contributed by atoms with E-state index in [1.54, 1.807) is 24.3 Å². The van der Waals surface area contributed by atoms with Crippen LogP contribution in [-0.4, -0.2) is 11.9 Å². The van der Waals surface area contributed by atoms with Crippen LogP contribution in [0, 0.1) is 11.6 Å². The Morgan fingerprint density at radius 1 is 0.825 bits per heavy atom. The highest BCUT2D eigenvalue weighted by Gasteiger charge is 2.31. The predicted molar refractivity (Wildman–Crippen MR) is 141 cm³/mol. The van der Waals surface area contributed by atoms with E-state index in [0.29, 0.717) is 15.5 Å². The summed E-state index contributed by atoms with van der Waals surface area (Å²) in [7, 11) is 0. The van der Waals surface area contributed by atoms with E-state index in [9.17, 15) is 31.5 Å². The first kappa shape index (κ1) is 29.2. The van der Waals surface area contributed by atoms with Crippen LogP contribution in [0.3, 0.4) is 0 Å². The molecule has 4 rings (SSSR count). The molecule has 0 fully saturated rings. The van der Waals surface area contributed by atoms with Crippen LogP contribution in [0.1, 0.15) is 15.9 Å². The summed E-state index contributed by atoms with van der Waals surface area (Å²) in [5, 5.41) is 4.23. The van der Waals surface area contributed by atoms with Crippen molar-refractivity contribution < 1.29 is 36.3 Å². The molecule has 0 atom stereocenters. The van der Waals surface area contributed by atoms with E-state index < -0.39 is 40.9 Å². The van der Waals surface area contributed by atoms with Crippen molar-refractivity contribution in [2.45, 2.75) is 16.0 Å². The first-order valence-corrected chi connectivity index (χ1v) is 12.7. The fourth-order valence-corrected chi connectivity index (χ4v) is 4.63. The predicted octanol–water partition coefficient (Wildman–Crippen LogP) is 9.20. The average Bonchev–Trinajstić information content (AvgIpc) is 2.87. The highest BCUT2D eigenvalue weighted by molar-refractivity contribution is 7.99. The third kappa shape index (κ3) is 7.23. The number of hydrogen-bond acceptors (Lipinski definition) is 4. The Balaban J connectivity index is 1.36. The summed E-state index contributed by atoms with van der Waals surface area (Å²) >= 11 is 13.4. The minimum Gasteiger partial charge on any atom is -0.456 e. The van der Waals surface area contributed by atoms with Crippen LogP contribution < -0.4 is 15.4 Å². The number of hydrogen-bond donors (Lipinski definition) is 2. The number of alkyl halides is 3. The molecule has 40 heavy (non-hydrogen) atoms. The molecule has 0 aliphatic rings. The summed E-state index contributed by atoms with van der Waals surface area (Å²) < 4.78 is 71.7. The molecule has 0 unspecified atom stereocenters. The number of nitrogens with one attached hydrogen (secondary N) is 2. The number of carbonyl (C=O) groups excluding carboxylic acids is 2. The number of carbonyl (C=O) groups is 2. The van der Waals surface area contributed by atoms with Gasteiger partial charge in [0.25, 0.3) is 5.91 Å². The number of halogens is 7. The van der Waals surface area contributed by atoms with Crippen LogP contribution in [0.5, 0.6) is 11.5 Å². The molecule has 3 amide bonds. The lowest BCUT2D eigenvalue weighted by Gasteiger charge is -2.12. The Labute approximate surface area is 238 Å². The van der Waals surface area contributed by atoms with Gasteiger partial charge in [-0.2, -0.15) is 13.2 Å². The van der Waals surface area contributed by atoms with E-state index in [1.807, 2.05) is 5.32 Å². The maximum absolute atomic E-state index is 13.7. The van der Waals surface area contributed by atoms with E-state index >= 15 is 0 Å². The summed E-state index contributed by atoms with van der Waals surface area (Å²) in [6, 6.07) is 15.7. The molecule has 0 heterocycles. The van der Waals surface area contributed by atoms with Crippen molar-refractivity contribution in [3.8, 4) is 11.5 Å². The van der Waals surface area contributed by atoms with Gasteiger partial charge in [0.1, 0.15) is 28.7 Å². The number of ether oxygens (including phenoxy) is 1. The number of anilines is 1. The average molecular weight is 613 g/mol. The molecule has 0 spiro atoms. The van der Waals surface area contributed by atoms with Gasteiger partial charge in [-0.3, -0.25) is 10.1 Å². The summed E-state index contributed by atoms with van der Waals surface area (Å²) in [6.45, 7) is 0. The molecule has 0 aliphatic heterocycles. The van der Waals surface area contributed by atoms with E-state index in [4.69, 9.17) is 27.9 Å². The molecule has 206 valence electrons. The molecule has 0 radical (unpaired) electrons. The summed E-state index contributed by atoms with van der Waals surface area (Å²) in [4.78, 5) is 25.3. The maximum Gasteiger partial charge on any atom is 0.416 e. The lowest BCUT2D eigenvalue weighted by molar-refractivity contribution is -0.137. The quantitative estimate of drug-likeness (QED) is 0.213. The Morgan fingerprint density at radius 3 is 2.10 bits per heavy atom. The molecule has 0 aliphatic carbocycles. The number of amides is 3. The molecular weight excluding hydrogens is 598 g/mol. The largest absolute Gasteiger partial charge is 0.456 e. The van der Waals surface area contributed by atoms with Crippen molar-refractivity contribution in [3.63, 3.8) is 0 Å². The SMILES string of the molecule is O=C(NC(=O)c1c(F)cccc1F)Nc1ccc(Oc2ccc(Sc3ccc(C(F)(F)F)cc3Cl)cc2)c(Cl)c1. The molecule has 0 bridgehead atoms. The number of urea groups is 1. The van der Waals surface area contributed by atoms with Gasteiger partial charge >= 0.3 is 12.2 Å². The van der Waals surface area contributed by atoms with Crippen LogP contribution in [0.4, 0.5) is 32.4 Å². The zero-order valence-corrected chi connectivity index (χ0v) is 22.1. The standard InChI is InChI=1S/C27H15Cl2F5N2O3S/c28-18-13-15(35-26(38)36-25(37)24-20(30)2-1-3-21(24)31)5-10-22(18)39-16-6-8-17(9-7-16)40-23-11-4-14(12-19(23)29)27(32,33)34/h1-13H,(H2,35,36,37,38). The number of benzene rings is 4. The van der Waals surface area contributed by atoms with E-state index in [2.05, 4.69) is 5.32 Å². The highest BCUT2D eigenvalue weighted by atomic mass is 35.5. The highest BCUT2D eigenvalue weighted by Crippen LogP contribution is 2.39. The first-order valence-electron chi connectivity index (χ1n) is 11.1. The summed E-state index contributed by atoms with van der Waals surface area (Å²) in [6.07, 6.45) is -4.49. The van der Waals surface area contributed by atoms with Crippen LogP contribution in [0.25, 0.3) is 0 Å². The number of rotatable bonds is 6. The molecule has 5 nitrogen and oxygen atoms in total. The minimum absolute atomic E-state index is 0.0296. The fourth-order valence-electron chi connectivity index (χ4n) is 3.29. The Bertz CT molecular complexity index is 1560. The Hall–Kier alpha value is -3.80. The molecule has 4 aromatic carbocycles. The topological polar surface area (TPSA) is 67.4 Å². The first-order chi connectivity index (χ1) is 18.9. The van der Waals surface area contributed by atoms with Gasteiger partial charge in [-0.25, -0.2) is 13.6 Å². The second-order valence-corrected chi connectivity index (χ2v) is 9.90. The monoisotopic (exact) mass is 612 g/mol. The summed E-state index contributed by atoms with van der Waals surface area (Å²) in [5.41, 5.74) is -1.57. The van der Waals surface area contributed by atoms with E-state index in [0.717, 1.165) is 30.3 Å². The summed E-state index contributed by atoms with van der Waals surface area (Å²) in [5.74, 6) is -2.89.